The maximum absolute atomic E-state index is 13.1. The van der Waals surface area contributed by atoms with E-state index in [9.17, 15) is 31.5 Å². The van der Waals surface area contributed by atoms with Crippen LogP contribution in [0, 0.1) is 0 Å². The van der Waals surface area contributed by atoms with Crippen LogP contribution >= 0.6 is 7.60 Å². The van der Waals surface area contributed by atoms with Gasteiger partial charge in [0, 0.05) is 32.4 Å². The van der Waals surface area contributed by atoms with E-state index in [1.165, 1.54) is 36.4 Å². The molecule has 1 amide bonds. The summed E-state index contributed by atoms with van der Waals surface area (Å²) >= 11 is 0. The fourth-order valence-electron chi connectivity index (χ4n) is 3.60. The highest BCUT2D eigenvalue weighted by atomic mass is 32.2. The van der Waals surface area contributed by atoms with E-state index in [1.54, 1.807) is 18.2 Å². The normalized spacial score (nSPS) is 13.7. The second-order valence-electron chi connectivity index (χ2n) is 9.15. The summed E-state index contributed by atoms with van der Waals surface area (Å²) in [5, 5.41) is 2.72. The van der Waals surface area contributed by atoms with E-state index in [0.29, 0.717) is 24.3 Å². The second kappa shape index (κ2) is 14.4. The Hall–Kier alpha value is -3.51. The fourth-order valence-corrected chi connectivity index (χ4v) is 5.32. The van der Waals surface area contributed by atoms with Crippen LogP contribution in [-0.2, 0) is 25.8 Å². The average Bonchev–Trinajstić information content (AvgIpc) is 2.93. The summed E-state index contributed by atoms with van der Waals surface area (Å²) in [6.45, 7) is 0.522. The first kappa shape index (κ1) is 32.0. The van der Waals surface area contributed by atoms with Gasteiger partial charge in [-0.15, -0.1) is 0 Å². The molecule has 3 aromatic carbocycles. The molecule has 0 fully saturated rings. The number of carbonyl (C=O) groups is 1. The number of anilines is 1. The number of nitrogens with one attached hydrogen (secondary N) is 2. The molecule has 0 radical (unpaired) electrons. The Morgan fingerprint density at radius 1 is 1.00 bits per heavy atom. The van der Waals surface area contributed by atoms with Crippen LogP contribution in [0.5, 0.6) is 11.5 Å². The Morgan fingerprint density at radius 3 is 2.32 bits per heavy atom. The van der Waals surface area contributed by atoms with Crippen molar-refractivity contribution < 1.29 is 40.7 Å². The molecule has 0 aliphatic carbocycles. The number of hydrogen-bond donors (Lipinski definition) is 3. The molecule has 0 saturated carbocycles. The van der Waals surface area contributed by atoms with Gasteiger partial charge in [-0.05, 0) is 54.8 Å². The molecule has 3 rings (SSSR count). The first-order valence-corrected chi connectivity index (χ1v) is 15.6. The molecule has 222 valence electrons. The number of sulfonamides is 1. The van der Waals surface area contributed by atoms with Gasteiger partial charge in [0.1, 0.15) is 17.5 Å². The van der Waals surface area contributed by atoms with Gasteiger partial charge >= 0.3 is 13.8 Å². The van der Waals surface area contributed by atoms with Gasteiger partial charge in [0.15, 0.2) is 0 Å². The molecule has 0 aliphatic rings. The van der Waals surface area contributed by atoms with Crippen molar-refractivity contribution in [3.8, 4) is 11.5 Å². The highest BCUT2D eigenvalue weighted by molar-refractivity contribution is 7.89. The van der Waals surface area contributed by atoms with Crippen molar-refractivity contribution in [3.05, 3.63) is 84.4 Å². The molecule has 10 nitrogen and oxygen atoms in total. The van der Waals surface area contributed by atoms with Gasteiger partial charge in [0.05, 0.1) is 11.5 Å². The lowest BCUT2D eigenvalue weighted by Gasteiger charge is -2.19. The van der Waals surface area contributed by atoms with Crippen molar-refractivity contribution >= 4 is 29.2 Å². The maximum atomic E-state index is 13.1. The lowest BCUT2D eigenvalue weighted by atomic mass is 10.1. The SMILES string of the molecule is CN(C)c1cccc(OCCCNC(=O)[C@H](Cc2ccc(OP(=O)(O)C(F)F)cc2)NS(=O)(=O)c2ccccc2)c1. The molecule has 0 heterocycles. The third kappa shape index (κ3) is 9.82. The van der Waals surface area contributed by atoms with Gasteiger partial charge in [0.2, 0.25) is 15.9 Å². The Labute approximate surface area is 237 Å². The minimum atomic E-state index is -5.15. The predicted molar refractivity (Wildman–Crippen MR) is 151 cm³/mol. The summed E-state index contributed by atoms with van der Waals surface area (Å²) in [5.74, 6) is -0.187. The smallest absolute Gasteiger partial charge is 0.442 e. The summed E-state index contributed by atoms with van der Waals surface area (Å²) in [6, 6.07) is 19.0. The van der Waals surface area contributed by atoms with E-state index >= 15 is 0 Å². The number of benzene rings is 3. The Kier molecular flexibility index (Phi) is 11.2. The third-order valence-electron chi connectivity index (χ3n) is 5.74. The lowest BCUT2D eigenvalue weighted by molar-refractivity contribution is -0.122. The Balaban J connectivity index is 1.65. The van der Waals surface area contributed by atoms with Crippen LogP contribution in [0.4, 0.5) is 14.5 Å². The summed E-state index contributed by atoms with van der Waals surface area (Å²) in [4.78, 5) is 24.2. The van der Waals surface area contributed by atoms with Crippen molar-refractivity contribution in [2.24, 2.45) is 0 Å². The number of nitrogens with zero attached hydrogens (tertiary/aromatic N) is 1. The molecule has 0 aromatic heterocycles. The molecular formula is C27H32F2N3O7PS. The fraction of sp³-hybridized carbons (Fsp3) is 0.296. The molecule has 3 N–H and O–H groups in total. The molecule has 1 unspecified atom stereocenters. The van der Waals surface area contributed by atoms with Crippen molar-refractivity contribution in [3.63, 3.8) is 0 Å². The molecular weight excluding hydrogens is 579 g/mol. The predicted octanol–water partition coefficient (Wildman–Crippen LogP) is 4.01. The summed E-state index contributed by atoms with van der Waals surface area (Å²) in [6.07, 6.45) is -3.22. The molecule has 2 atom stereocenters. The van der Waals surface area contributed by atoms with Gasteiger partial charge in [-0.25, -0.2) is 13.0 Å². The number of ether oxygens (including phenoxy) is 1. The number of amides is 1. The highest BCUT2D eigenvalue weighted by Crippen LogP contribution is 2.48. The lowest BCUT2D eigenvalue weighted by Crippen LogP contribution is -2.48. The first-order chi connectivity index (χ1) is 19.4. The van der Waals surface area contributed by atoms with Gasteiger partial charge in [-0.2, -0.15) is 13.5 Å². The molecule has 0 aliphatic heterocycles. The quantitative estimate of drug-likeness (QED) is 0.173. The van der Waals surface area contributed by atoms with Crippen LogP contribution in [0.15, 0.2) is 83.8 Å². The molecule has 41 heavy (non-hydrogen) atoms. The van der Waals surface area contributed by atoms with Crippen molar-refractivity contribution in [1.29, 1.82) is 0 Å². The largest absolute Gasteiger partial charge is 0.493 e. The molecule has 3 aromatic rings. The van der Waals surface area contributed by atoms with Crippen LogP contribution < -0.4 is 24.2 Å². The molecule has 14 heteroatoms. The van der Waals surface area contributed by atoms with Crippen molar-refractivity contribution in [2.45, 2.75) is 29.9 Å². The third-order valence-corrected chi connectivity index (χ3v) is 8.19. The van der Waals surface area contributed by atoms with Crippen LogP contribution in [0.25, 0.3) is 0 Å². The van der Waals surface area contributed by atoms with E-state index in [1.807, 2.05) is 43.3 Å². The Bertz CT molecular complexity index is 1440. The zero-order valence-electron chi connectivity index (χ0n) is 22.4. The van der Waals surface area contributed by atoms with Crippen LogP contribution in [-0.4, -0.2) is 58.7 Å². The number of rotatable bonds is 15. The number of hydrogen-bond acceptors (Lipinski definition) is 7. The van der Waals surface area contributed by atoms with Crippen LogP contribution in [0.3, 0.4) is 0 Å². The zero-order chi connectivity index (χ0) is 30.0. The van der Waals surface area contributed by atoms with E-state index in [2.05, 4.69) is 14.6 Å². The first-order valence-electron chi connectivity index (χ1n) is 12.5. The summed E-state index contributed by atoms with van der Waals surface area (Å²) in [7, 11) is -5.39. The highest BCUT2D eigenvalue weighted by Gasteiger charge is 2.34. The van der Waals surface area contributed by atoms with Gasteiger partial charge in [-0.1, -0.05) is 36.4 Å². The number of carbonyl (C=O) groups excluding carboxylic acids is 1. The summed E-state index contributed by atoms with van der Waals surface area (Å²) < 4.78 is 75.3. The van der Waals surface area contributed by atoms with E-state index < -0.39 is 35.7 Å². The average molecular weight is 612 g/mol. The topological polar surface area (TPSA) is 134 Å². The Morgan fingerprint density at radius 2 is 1.68 bits per heavy atom. The second-order valence-corrected chi connectivity index (χ2v) is 12.6. The monoisotopic (exact) mass is 611 g/mol. The van der Waals surface area contributed by atoms with Crippen molar-refractivity contribution in [2.75, 3.05) is 32.1 Å². The number of alkyl halides is 2. The molecule has 0 saturated heterocycles. The van der Waals surface area contributed by atoms with E-state index in [-0.39, 0.29) is 23.6 Å². The number of halogens is 2. The van der Waals surface area contributed by atoms with Crippen LogP contribution in [0.1, 0.15) is 12.0 Å². The molecule has 0 spiro atoms. The van der Waals surface area contributed by atoms with Gasteiger partial charge in [-0.3, -0.25) is 4.79 Å². The minimum absolute atomic E-state index is 0.0272. The standard InChI is InChI=1S/C27H32F2N3O7PS/c1-32(2)21-8-6-9-23(19-21)38-17-7-16-30-26(33)25(31-41(36,37)24-10-4-3-5-11-24)18-20-12-14-22(15-13-20)39-40(34,35)27(28)29/h3-6,8-15,19,25,27,31H,7,16-18H2,1-2H3,(H,30,33)(H,34,35)/t25-/m0/s1. The van der Waals surface area contributed by atoms with Crippen LogP contribution in [0.2, 0.25) is 0 Å². The van der Waals surface area contributed by atoms with E-state index in [0.717, 1.165) is 5.69 Å². The van der Waals surface area contributed by atoms with Crippen molar-refractivity contribution in [1.82, 2.24) is 10.0 Å². The van der Waals surface area contributed by atoms with Gasteiger partial charge < -0.3 is 24.4 Å². The van der Waals surface area contributed by atoms with E-state index in [4.69, 9.17) is 4.74 Å². The maximum Gasteiger partial charge on any atom is 0.442 e. The van der Waals surface area contributed by atoms with Gasteiger partial charge in [0.25, 0.3) is 0 Å². The zero-order valence-corrected chi connectivity index (χ0v) is 24.2. The minimum Gasteiger partial charge on any atom is -0.493 e. The summed E-state index contributed by atoms with van der Waals surface area (Å²) in [5.41, 5.74) is 1.42. The molecule has 0 bridgehead atoms.